The summed E-state index contributed by atoms with van der Waals surface area (Å²) in [6, 6.07) is 4.88. The van der Waals surface area contributed by atoms with Gasteiger partial charge in [0.05, 0.1) is 9.50 Å². The Labute approximate surface area is 118 Å². The van der Waals surface area contributed by atoms with Crippen molar-refractivity contribution >= 4 is 39.5 Å². The van der Waals surface area contributed by atoms with Crippen LogP contribution in [-0.2, 0) is 4.79 Å². The Balaban J connectivity index is 3.24. The number of nitriles is 1. The van der Waals surface area contributed by atoms with Crippen molar-refractivity contribution in [3.05, 3.63) is 32.8 Å². The maximum absolute atomic E-state index is 11.7. The standard InChI is InChI=1S/C12H10BrClN2O2/c1-16(2)12(18)8(6-15)3-7-4-9(13)11(17)10(14)5-7/h3-5,17H,1-2H3/b8-3-. The number of likely N-dealkylation sites (N-methyl/N-ethyl adjacent to an activating group) is 1. The molecule has 0 heterocycles. The van der Waals surface area contributed by atoms with E-state index in [0.717, 1.165) is 0 Å². The zero-order chi connectivity index (χ0) is 13.9. The van der Waals surface area contributed by atoms with E-state index in [2.05, 4.69) is 15.9 Å². The van der Waals surface area contributed by atoms with Crippen LogP contribution in [0.1, 0.15) is 5.56 Å². The second-order valence-electron chi connectivity index (χ2n) is 3.70. The van der Waals surface area contributed by atoms with Gasteiger partial charge in [0.2, 0.25) is 0 Å². The largest absolute Gasteiger partial charge is 0.505 e. The minimum atomic E-state index is -0.391. The predicted molar refractivity (Wildman–Crippen MR) is 73.1 cm³/mol. The molecule has 4 nitrogen and oxygen atoms in total. The van der Waals surface area contributed by atoms with Gasteiger partial charge >= 0.3 is 0 Å². The molecule has 6 heteroatoms. The first kappa shape index (κ1) is 14.6. The first-order chi connectivity index (χ1) is 8.36. The summed E-state index contributed by atoms with van der Waals surface area (Å²) in [6.07, 6.45) is 1.42. The normalized spacial score (nSPS) is 10.9. The van der Waals surface area contributed by atoms with E-state index in [9.17, 15) is 9.90 Å². The van der Waals surface area contributed by atoms with Crippen LogP contribution in [0.4, 0.5) is 0 Å². The molecule has 0 bridgehead atoms. The molecule has 0 aromatic heterocycles. The number of phenols is 1. The van der Waals surface area contributed by atoms with Crippen LogP contribution in [0.25, 0.3) is 6.08 Å². The molecule has 1 amide bonds. The van der Waals surface area contributed by atoms with Crippen molar-refractivity contribution in [3.63, 3.8) is 0 Å². The Morgan fingerprint density at radius 3 is 2.61 bits per heavy atom. The summed E-state index contributed by atoms with van der Waals surface area (Å²) < 4.78 is 0.399. The van der Waals surface area contributed by atoms with Crippen LogP contribution in [0.2, 0.25) is 5.02 Å². The number of aromatic hydroxyl groups is 1. The third-order valence-electron chi connectivity index (χ3n) is 2.11. The lowest BCUT2D eigenvalue weighted by atomic mass is 10.1. The van der Waals surface area contributed by atoms with Gasteiger partial charge in [-0.1, -0.05) is 11.6 Å². The molecule has 0 saturated heterocycles. The predicted octanol–water partition coefficient (Wildman–Crippen LogP) is 2.80. The van der Waals surface area contributed by atoms with Crippen LogP contribution in [0.5, 0.6) is 5.75 Å². The van der Waals surface area contributed by atoms with Crippen molar-refractivity contribution in [2.45, 2.75) is 0 Å². The molecular formula is C12H10BrClN2O2. The van der Waals surface area contributed by atoms with E-state index in [-0.39, 0.29) is 16.3 Å². The smallest absolute Gasteiger partial charge is 0.264 e. The molecule has 0 fully saturated rings. The Hall–Kier alpha value is -1.51. The molecule has 0 aliphatic carbocycles. The van der Waals surface area contributed by atoms with Crippen molar-refractivity contribution in [2.75, 3.05) is 14.1 Å². The maximum Gasteiger partial charge on any atom is 0.264 e. The minimum Gasteiger partial charge on any atom is -0.505 e. The quantitative estimate of drug-likeness (QED) is 0.670. The average Bonchev–Trinajstić information content (AvgIpc) is 2.31. The van der Waals surface area contributed by atoms with Gasteiger partial charge < -0.3 is 10.0 Å². The van der Waals surface area contributed by atoms with Crippen LogP contribution in [0, 0.1) is 11.3 Å². The average molecular weight is 330 g/mol. The fourth-order valence-corrected chi connectivity index (χ4v) is 2.04. The van der Waals surface area contributed by atoms with E-state index < -0.39 is 5.91 Å². The third-order valence-corrected chi connectivity index (χ3v) is 3.00. The van der Waals surface area contributed by atoms with Gasteiger partial charge in [-0.05, 0) is 39.7 Å². The van der Waals surface area contributed by atoms with Gasteiger partial charge in [-0.2, -0.15) is 5.26 Å². The van der Waals surface area contributed by atoms with E-state index in [4.69, 9.17) is 16.9 Å². The highest BCUT2D eigenvalue weighted by Crippen LogP contribution is 2.33. The molecule has 0 atom stereocenters. The second kappa shape index (κ2) is 5.89. The summed E-state index contributed by atoms with van der Waals surface area (Å²) in [7, 11) is 3.13. The fraction of sp³-hybridized carbons (Fsp3) is 0.167. The number of phenolic OH excluding ortho intramolecular Hbond substituents is 1. The SMILES string of the molecule is CN(C)C(=O)/C(C#N)=C\c1cc(Cl)c(O)c(Br)c1. The molecule has 1 N–H and O–H groups in total. The molecule has 1 rings (SSSR count). The van der Waals surface area contributed by atoms with Gasteiger partial charge in [-0.15, -0.1) is 0 Å². The lowest BCUT2D eigenvalue weighted by molar-refractivity contribution is -0.124. The van der Waals surface area contributed by atoms with Crippen molar-refractivity contribution in [2.24, 2.45) is 0 Å². The molecule has 18 heavy (non-hydrogen) atoms. The summed E-state index contributed by atoms with van der Waals surface area (Å²) in [6.45, 7) is 0. The summed E-state index contributed by atoms with van der Waals surface area (Å²) in [5.41, 5.74) is 0.546. The Morgan fingerprint density at radius 2 is 2.17 bits per heavy atom. The van der Waals surface area contributed by atoms with E-state index in [1.165, 1.54) is 17.0 Å². The molecule has 0 aliphatic heterocycles. The van der Waals surface area contributed by atoms with Gasteiger partial charge in [0.1, 0.15) is 17.4 Å². The Morgan fingerprint density at radius 1 is 1.56 bits per heavy atom. The summed E-state index contributed by atoms with van der Waals surface area (Å²) in [5.74, 6) is -0.468. The number of amides is 1. The topological polar surface area (TPSA) is 64.3 Å². The lowest BCUT2D eigenvalue weighted by Crippen LogP contribution is -2.22. The van der Waals surface area contributed by atoms with E-state index >= 15 is 0 Å². The number of nitrogens with zero attached hydrogens (tertiary/aromatic N) is 2. The third kappa shape index (κ3) is 3.25. The molecule has 0 saturated carbocycles. The summed E-state index contributed by atoms with van der Waals surface area (Å²) >= 11 is 8.93. The number of carbonyl (C=O) groups excluding carboxylic acids is 1. The molecule has 1 aromatic carbocycles. The van der Waals surface area contributed by atoms with Crippen LogP contribution < -0.4 is 0 Å². The maximum atomic E-state index is 11.7. The molecule has 0 aliphatic rings. The fourth-order valence-electron chi connectivity index (χ4n) is 1.22. The van der Waals surface area contributed by atoms with Crippen LogP contribution in [0.3, 0.4) is 0 Å². The highest BCUT2D eigenvalue weighted by Gasteiger charge is 2.12. The van der Waals surface area contributed by atoms with E-state index in [0.29, 0.717) is 10.0 Å². The van der Waals surface area contributed by atoms with Crippen molar-refractivity contribution in [1.82, 2.24) is 4.90 Å². The van der Waals surface area contributed by atoms with Crippen molar-refractivity contribution in [1.29, 1.82) is 5.26 Å². The van der Waals surface area contributed by atoms with Crippen LogP contribution in [0.15, 0.2) is 22.2 Å². The van der Waals surface area contributed by atoms with E-state index in [1.807, 2.05) is 6.07 Å². The van der Waals surface area contributed by atoms with Gasteiger partial charge in [0.25, 0.3) is 5.91 Å². The zero-order valence-corrected chi connectivity index (χ0v) is 12.1. The molecular weight excluding hydrogens is 320 g/mol. The van der Waals surface area contributed by atoms with Gasteiger partial charge in [0, 0.05) is 14.1 Å². The number of hydrogen-bond donors (Lipinski definition) is 1. The molecule has 1 aromatic rings. The van der Waals surface area contributed by atoms with Crippen LogP contribution >= 0.6 is 27.5 Å². The number of hydrogen-bond acceptors (Lipinski definition) is 3. The second-order valence-corrected chi connectivity index (χ2v) is 4.96. The van der Waals surface area contributed by atoms with Gasteiger partial charge in [0.15, 0.2) is 0 Å². The summed E-state index contributed by atoms with van der Waals surface area (Å²) in [4.78, 5) is 13.0. The first-order valence-electron chi connectivity index (χ1n) is 4.88. The number of halogens is 2. The molecule has 94 valence electrons. The van der Waals surface area contributed by atoms with Crippen molar-refractivity contribution < 1.29 is 9.90 Å². The minimum absolute atomic E-state index is 0.00587. The molecule has 0 unspecified atom stereocenters. The Kier molecular flexibility index (Phi) is 4.76. The van der Waals surface area contributed by atoms with Crippen molar-refractivity contribution in [3.8, 4) is 11.8 Å². The Bertz CT molecular complexity index is 539. The number of benzene rings is 1. The van der Waals surface area contributed by atoms with Gasteiger partial charge in [-0.3, -0.25) is 4.79 Å². The monoisotopic (exact) mass is 328 g/mol. The van der Waals surface area contributed by atoms with Gasteiger partial charge in [-0.25, -0.2) is 0 Å². The van der Waals surface area contributed by atoms with E-state index in [1.54, 1.807) is 20.2 Å². The lowest BCUT2D eigenvalue weighted by Gasteiger charge is -2.09. The highest BCUT2D eigenvalue weighted by molar-refractivity contribution is 9.10. The molecule has 0 spiro atoms. The molecule has 0 radical (unpaired) electrons. The highest BCUT2D eigenvalue weighted by atomic mass is 79.9. The first-order valence-corrected chi connectivity index (χ1v) is 6.05. The number of rotatable bonds is 2. The summed E-state index contributed by atoms with van der Waals surface area (Å²) in [5, 5.41) is 18.6. The number of carbonyl (C=O) groups is 1. The zero-order valence-electron chi connectivity index (χ0n) is 9.74. The van der Waals surface area contributed by atoms with Crippen LogP contribution in [-0.4, -0.2) is 30.0 Å².